The molecule has 2 rings (SSSR count). The van der Waals surface area contributed by atoms with Crippen molar-refractivity contribution in [3.63, 3.8) is 0 Å². The van der Waals surface area contributed by atoms with Crippen LogP contribution in [0.3, 0.4) is 0 Å². The first-order valence-electron chi connectivity index (χ1n) is 8.70. The summed E-state index contributed by atoms with van der Waals surface area (Å²) in [7, 11) is 0. The van der Waals surface area contributed by atoms with Crippen molar-refractivity contribution in [3.8, 4) is 11.5 Å². The standard InChI is InChI=1S/2C11H15NO.Co/c2*1-11(2,3)12-8-9-6-4-5-7-10(9)13;/h2*4-8,13H,1-3H3;/q;;+2/p+2. The van der Waals surface area contributed by atoms with E-state index in [-0.39, 0.29) is 27.9 Å². The van der Waals surface area contributed by atoms with Gasteiger partial charge in [-0.1, -0.05) is 24.3 Å². The smallest absolute Gasteiger partial charge is 0.593 e. The fraction of sp³-hybridized carbons (Fsp3) is 0.364. The van der Waals surface area contributed by atoms with Crippen LogP contribution in [0.5, 0.6) is 11.5 Å². The molecule has 0 amide bonds. The average Bonchev–Trinajstić information content (AvgIpc) is 2.52. The molecule has 2 aromatic rings. The average molecular weight is 415 g/mol. The second-order valence-corrected chi connectivity index (χ2v) is 8.03. The van der Waals surface area contributed by atoms with Crippen LogP contribution in [0.4, 0.5) is 0 Å². The Hall–Kier alpha value is -2.11. The van der Waals surface area contributed by atoms with E-state index in [1.165, 1.54) is 0 Å². The van der Waals surface area contributed by atoms with E-state index in [1.807, 2.05) is 77.9 Å². The van der Waals surface area contributed by atoms with Crippen LogP contribution in [0.25, 0.3) is 0 Å². The van der Waals surface area contributed by atoms with Gasteiger partial charge in [0.15, 0.2) is 0 Å². The molecule has 0 aliphatic carbocycles. The zero-order valence-electron chi connectivity index (χ0n) is 17.0. The first-order chi connectivity index (χ1) is 12.0. The number of hydrogen-bond acceptors (Lipinski definition) is 2. The maximum Gasteiger partial charge on any atom is 2.00 e. The number of rotatable bonds is 2. The fourth-order valence-electron chi connectivity index (χ4n) is 1.75. The molecule has 0 bridgehead atoms. The van der Waals surface area contributed by atoms with Crippen LogP contribution in [0, 0.1) is 0 Å². The van der Waals surface area contributed by atoms with Gasteiger partial charge in [-0.05, 0) is 53.7 Å². The third-order valence-corrected chi connectivity index (χ3v) is 3.10. The van der Waals surface area contributed by atoms with E-state index in [4.69, 9.17) is 10.2 Å². The third-order valence-electron chi connectivity index (χ3n) is 3.10. The summed E-state index contributed by atoms with van der Waals surface area (Å²) in [5, 5.41) is 15.2. The zero-order chi connectivity index (χ0) is 19.8. The van der Waals surface area contributed by atoms with E-state index in [9.17, 15) is 0 Å². The zero-order valence-corrected chi connectivity index (χ0v) is 18.0. The van der Waals surface area contributed by atoms with Gasteiger partial charge < -0.3 is 10.2 Å². The second kappa shape index (κ2) is 10.9. The predicted molar refractivity (Wildman–Crippen MR) is 114 cm³/mol. The molecule has 4 N–H and O–H groups in total. The van der Waals surface area contributed by atoms with Gasteiger partial charge in [-0.3, -0.25) is 9.98 Å². The van der Waals surface area contributed by atoms with Gasteiger partial charge in [-0.2, -0.15) is 0 Å². The van der Waals surface area contributed by atoms with Gasteiger partial charge in [0, 0.05) is 24.6 Å². The van der Waals surface area contributed by atoms with Crippen molar-refractivity contribution in [2.75, 3.05) is 0 Å². The first-order valence-corrected chi connectivity index (χ1v) is 8.70. The molecular formula is C22H32CoN2O2+4. The molecular weight excluding hydrogens is 383 g/mol. The van der Waals surface area contributed by atoms with Crippen molar-refractivity contribution in [1.82, 2.24) is 0 Å². The number of nitrogens with zero attached hydrogens (tertiary/aromatic N) is 2. The minimum atomic E-state index is -0.0672. The van der Waals surface area contributed by atoms with Gasteiger partial charge in [0.1, 0.15) is 0 Å². The SMILES string of the molecule is CC(C)(C)N=Cc1ccccc1[OH2+].CC(C)(C)N=Cc1ccccc1[OH2+].[Co+2]. The summed E-state index contributed by atoms with van der Waals surface area (Å²) < 4.78 is 0. The predicted octanol–water partition coefficient (Wildman–Crippen LogP) is 4.68. The quantitative estimate of drug-likeness (QED) is 0.505. The van der Waals surface area contributed by atoms with Crippen LogP contribution < -0.4 is 0 Å². The van der Waals surface area contributed by atoms with E-state index in [0.717, 1.165) is 11.1 Å². The van der Waals surface area contributed by atoms with Gasteiger partial charge >= 0.3 is 16.8 Å². The van der Waals surface area contributed by atoms with Crippen molar-refractivity contribution in [2.24, 2.45) is 9.98 Å². The molecule has 27 heavy (non-hydrogen) atoms. The van der Waals surface area contributed by atoms with Gasteiger partial charge in [0.2, 0.25) is 0 Å². The molecule has 0 atom stereocenters. The number of aliphatic imine (C=N–C) groups is 2. The largest absolute Gasteiger partial charge is 2.00 e. The molecule has 0 spiro atoms. The first kappa shape index (κ1) is 24.9. The summed E-state index contributed by atoms with van der Waals surface area (Å²) in [5.41, 5.74) is 1.61. The Labute approximate surface area is 173 Å². The molecule has 147 valence electrons. The van der Waals surface area contributed by atoms with Crippen LogP contribution in [0.2, 0.25) is 0 Å². The summed E-state index contributed by atoms with van der Waals surface area (Å²) in [4.78, 5) is 8.69. The Kier molecular flexibility index (Phi) is 10.0. The molecule has 0 aromatic heterocycles. The molecule has 2 aromatic carbocycles. The van der Waals surface area contributed by atoms with Crippen LogP contribution in [0.1, 0.15) is 52.7 Å². The third kappa shape index (κ3) is 11.3. The minimum Gasteiger partial charge on any atom is -0.593 e. The Morgan fingerprint density at radius 2 is 0.926 bits per heavy atom. The fourth-order valence-corrected chi connectivity index (χ4v) is 1.75. The molecule has 0 aliphatic rings. The van der Waals surface area contributed by atoms with Crippen molar-refractivity contribution < 1.29 is 27.0 Å². The Morgan fingerprint density at radius 1 is 0.630 bits per heavy atom. The molecule has 0 fully saturated rings. The molecule has 5 heteroatoms. The van der Waals surface area contributed by atoms with E-state index >= 15 is 0 Å². The molecule has 0 saturated heterocycles. The Balaban J connectivity index is 0.000000483. The molecule has 4 nitrogen and oxygen atoms in total. The van der Waals surface area contributed by atoms with E-state index < -0.39 is 0 Å². The van der Waals surface area contributed by atoms with E-state index in [0.29, 0.717) is 11.5 Å². The number of hydrogen-bond donors (Lipinski definition) is 0. The Morgan fingerprint density at radius 3 is 1.19 bits per heavy atom. The maximum absolute atomic E-state index is 7.59. The number of para-hydroxylation sites is 2. The van der Waals surface area contributed by atoms with Gasteiger partial charge in [-0.15, -0.1) is 0 Å². The second-order valence-electron chi connectivity index (χ2n) is 8.03. The molecule has 0 aliphatic heterocycles. The normalized spacial score (nSPS) is 11.8. The van der Waals surface area contributed by atoms with Gasteiger partial charge in [0.05, 0.1) is 22.2 Å². The van der Waals surface area contributed by atoms with Crippen LogP contribution in [0.15, 0.2) is 58.5 Å². The van der Waals surface area contributed by atoms with Crippen molar-refractivity contribution >= 4 is 12.4 Å². The van der Waals surface area contributed by atoms with Gasteiger partial charge in [-0.25, -0.2) is 0 Å². The van der Waals surface area contributed by atoms with Crippen LogP contribution in [-0.2, 0) is 16.8 Å². The maximum atomic E-state index is 7.59. The van der Waals surface area contributed by atoms with Crippen LogP contribution >= 0.6 is 0 Å². The monoisotopic (exact) mass is 415 g/mol. The summed E-state index contributed by atoms with van der Waals surface area (Å²) in [6.45, 7) is 12.2. The molecule has 1 radical (unpaired) electrons. The summed E-state index contributed by atoms with van der Waals surface area (Å²) in [6, 6.07) is 14.9. The molecule has 0 unspecified atom stereocenters. The Bertz CT molecular complexity index is 692. The van der Waals surface area contributed by atoms with Crippen molar-refractivity contribution in [3.05, 3.63) is 59.7 Å². The van der Waals surface area contributed by atoms with E-state index in [1.54, 1.807) is 24.6 Å². The van der Waals surface area contributed by atoms with E-state index in [2.05, 4.69) is 9.98 Å². The van der Waals surface area contributed by atoms with Crippen molar-refractivity contribution in [2.45, 2.75) is 52.6 Å². The molecule has 0 saturated carbocycles. The minimum absolute atomic E-state index is 0. The number of benzene rings is 2. The summed E-state index contributed by atoms with van der Waals surface area (Å²) in [5.74, 6) is 1.05. The van der Waals surface area contributed by atoms with Gasteiger partial charge in [0.25, 0.3) is 11.5 Å². The topological polar surface area (TPSA) is 70.5 Å². The van der Waals surface area contributed by atoms with Crippen LogP contribution in [-0.4, -0.2) is 33.7 Å². The summed E-state index contributed by atoms with van der Waals surface area (Å²) in [6.07, 6.45) is 3.53. The summed E-state index contributed by atoms with van der Waals surface area (Å²) >= 11 is 0. The van der Waals surface area contributed by atoms with Crippen molar-refractivity contribution in [1.29, 1.82) is 0 Å². The molecule has 0 heterocycles.